The van der Waals surface area contributed by atoms with E-state index in [1.807, 2.05) is 13.1 Å². The number of quaternary nitrogens is 1. The number of piperidine rings is 2. The zero-order valence-corrected chi connectivity index (χ0v) is 24.1. The van der Waals surface area contributed by atoms with E-state index >= 15 is 0 Å². The average Bonchev–Trinajstić information content (AvgIpc) is 3.40. The second-order valence-corrected chi connectivity index (χ2v) is 12.8. The molecule has 11 nitrogen and oxygen atoms in total. The molecule has 0 aromatic carbocycles. The molecule has 0 saturated carbocycles. The summed E-state index contributed by atoms with van der Waals surface area (Å²) in [5, 5.41) is 51.7. The van der Waals surface area contributed by atoms with Crippen molar-refractivity contribution in [1.29, 1.82) is 0 Å². The number of rotatable bonds is 16. The molecule has 3 aliphatic rings. The molecule has 10 N–H and O–H groups in total. The lowest BCUT2D eigenvalue weighted by Gasteiger charge is -2.41. The summed E-state index contributed by atoms with van der Waals surface area (Å²) in [5.41, 5.74) is 4.52. The molecule has 0 spiro atoms. The Kier molecular flexibility index (Phi) is 12.6. The van der Waals surface area contributed by atoms with E-state index in [0.29, 0.717) is 12.5 Å². The predicted octanol–water partition coefficient (Wildman–Crippen LogP) is -0.903. The van der Waals surface area contributed by atoms with E-state index < -0.39 is 11.6 Å². The van der Waals surface area contributed by atoms with Crippen LogP contribution in [-0.2, 0) is 4.79 Å². The second kappa shape index (κ2) is 15.2. The normalized spacial score (nSPS) is 35.5. The minimum Gasteiger partial charge on any atom is -0.481 e. The fourth-order valence-electron chi connectivity index (χ4n) is 6.58. The summed E-state index contributed by atoms with van der Waals surface area (Å²) in [7, 11) is 0. The summed E-state index contributed by atoms with van der Waals surface area (Å²) in [6.07, 6.45) is 9.50. The maximum absolute atomic E-state index is 11.4. The highest BCUT2D eigenvalue weighted by Crippen LogP contribution is 2.25. The molecular formula is C28H55N6O5+. The van der Waals surface area contributed by atoms with Gasteiger partial charge in [-0.15, -0.1) is 0 Å². The van der Waals surface area contributed by atoms with Crippen molar-refractivity contribution in [2.45, 2.75) is 139 Å². The van der Waals surface area contributed by atoms with Crippen LogP contribution in [0.5, 0.6) is 0 Å². The highest BCUT2D eigenvalue weighted by molar-refractivity contribution is 5.68. The van der Waals surface area contributed by atoms with E-state index in [-0.39, 0.29) is 49.0 Å². The lowest BCUT2D eigenvalue weighted by Crippen LogP contribution is -3.16. The number of aliphatic carboxylic acids is 1. The Balaban J connectivity index is 1.33. The van der Waals surface area contributed by atoms with Gasteiger partial charge < -0.3 is 47.0 Å². The molecule has 39 heavy (non-hydrogen) atoms. The van der Waals surface area contributed by atoms with Crippen LogP contribution in [0.15, 0.2) is 4.99 Å². The van der Waals surface area contributed by atoms with Crippen LogP contribution in [0, 0.1) is 0 Å². The van der Waals surface area contributed by atoms with Crippen molar-refractivity contribution in [3.63, 3.8) is 0 Å². The molecule has 11 heteroatoms. The number of carboxylic acids is 1. The van der Waals surface area contributed by atoms with Gasteiger partial charge in [-0.2, -0.15) is 0 Å². The molecule has 1 unspecified atom stereocenters. The van der Waals surface area contributed by atoms with Gasteiger partial charge in [-0.05, 0) is 58.9 Å². The van der Waals surface area contributed by atoms with E-state index in [4.69, 9.17) is 5.73 Å². The number of carboxylic acid groups (broad SMARTS) is 1. The third-order valence-corrected chi connectivity index (χ3v) is 9.16. The van der Waals surface area contributed by atoms with Crippen LogP contribution >= 0.6 is 0 Å². The van der Waals surface area contributed by atoms with E-state index in [0.717, 1.165) is 84.0 Å². The van der Waals surface area contributed by atoms with Crippen LogP contribution in [0.4, 0.5) is 0 Å². The van der Waals surface area contributed by atoms with Gasteiger partial charge in [0.15, 0.2) is 6.67 Å². The highest BCUT2D eigenvalue weighted by Gasteiger charge is 2.40. The monoisotopic (exact) mass is 555 g/mol. The van der Waals surface area contributed by atoms with Crippen LogP contribution in [0.2, 0.25) is 0 Å². The largest absolute Gasteiger partial charge is 0.481 e. The first-order valence-corrected chi connectivity index (χ1v) is 15.1. The molecule has 2 fully saturated rings. The van der Waals surface area contributed by atoms with Crippen molar-refractivity contribution in [3.8, 4) is 0 Å². The molecule has 226 valence electrons. The molecule has 3 heterocycles. The van der Waals surface area contributed by atoms with Gasteiger partial charge in [-0.1, -0.05) is 25.7 Å². The molecule has 9 atom stereocenters. The molecule has 3 rings (SSSR count). The number of unbranched alkanes of at least 4 members (excludes halogenated alkanes) is 3. The van der Waals surface area contributed by atoms with Gasteiger partial charge in [0.05, 0.1) is 42.7 Å². The van der Waals surface area contributed by atoms with Crippen LogP contribution in [0.3, 0.4) is 0 Å². The van der Waals surface area contributed by atoms with Crippen molar-refractivity contribution in [2.75, 3.05) is 26.3 Å². The van der Waals surface area contributed by atoms with Gasteiger partial charge in [0.1, 0.15) is 12.6 Å². The van der Waals surface area contributed by atoms with Gasteiger partial charge in [0.2, 0.25) is 0 Å². The van der Waals surface area contributed by atoms with E-state index in [1.54, 1.807) is 0 Å². The Labute approximate surface area is 234 Å². The van der Waals surface area contributed by atoms with Gasteiger partial charge in [-0.3, -0.25) is 4.79 Å². The average molecular weight is 556 g/mol. The maximum Gasteiger partial charge on any atom is 0.306 e. The summed E-state index contributed by atoms with van der Waals surface area (Å²) in [6, 6.07) is 0.624. The SMILES string of the molecule is C[C@@H]1N[C@H](CC[C@H](O)CCCCCC[C@](O)(CN[C@]2(C)CCN[C@H](N)C2)CC(=O)O)[C@@H]([NH+]2CC=NC2)C[C@H]1O. The first kappa shape index (κ1) is 32.3. The fourth-order valence-corrected chi connectivity index (χ4v) is 6.58. The minimum atomic E-state index is -1.29. The quantitative estimate of drug-likeness (QED) is 0.109. The Bertz CT molecular complexity index is 782. The molecule has 0 aromatic heterocycles. The second-order valence-electron chi connectivity index (χ2n) is 12.8. The van der Waals surface area contributed by atoms with Gasteiger partial charge in [0, 0.05) is 24.5 Å². The third-order valence-electron chi connectivity index (χ3n) is 9.16. The van der Waals surface area contributed by atoms with E-state index in [9.17, 15) is 25.2 Å². The van der Waals surface area contributed by atoms with Gasteiger partial charge in [-0.25, -0.2) is 4.99 Å². The smallest absolute Gasteiger partial charge is 0.306 e. The minimum absolute atomic E-state index is 0.0568. The number of hydrogen-bond donors (Lipinski definition) is 9. The number of nitrogens with two attached hydrogens (primary N) is 1. The van der Waals surface area contributed by atoms with E-state index in [1.165, 1.54) is 4.90 Å². The van der Waals surface area contributed by atoms with Crippen molar-refractivity contribution in [3.05, 3.63) is 0 Å². The van der Waals surface area contributed by atoms with Crippen LogP contribution in [-0.4, -0.2) is 107 Å². The molecule has 0 aliphatic carbocycles. The van der Waals surface area contributed by atoms with Crippen LogP contribution in [0.1, 0.15) is 90.9 Å². The fraction of sp³-hybridized carbons (Fsp3) is 0.929. The Hall–Kier alpha value is -1.18. The molecule has 0 radical (unpaired) electrons. The van der Waals surface area contributed by atoms with Crippen molar-refractivity contribution in [1.82, 2.24) is 16.0 Å². The summed E-state index contributed by atoms with van der Waals surface area (Å²) >= 11 is 0. The first-order valence-electron chi connectivity index (χ1n) is 15.1. The molecular weight excluding hydrogens is 500 g/mol. The van der Waals surface area contributed by atoms with Crippen molar-refractivity contribution in [2.24, 2.45) is 10.7 Å². The molecule has 2 saturated heterocycles. The number of aliphatic hydroxyl groups is 3. The van der Waals surface area contributed by atoms with E-state index in [2.05, 4.69) is 27.9 Å². The summed E-state index contributed by atoms with van der Waals surface area (Å²) in [6.45, 7) is 6.79. The number of carbonyl (C=O) groups is 1. The number of nitrogens with one attached hydrogen (secondary N) is 4. The Morgan fingerprint density at radius 1 is 1.31 bits per heavy atom. The van der Waals surface area contributed by atoms with Gasteiger partial charge in [0.25, 0.3) is 0 Å². The number of aliphatic hydroxyl groups excluding tert-OH is 2. The molecule has 0 amide bonds. The first-order chi connectivity index (χ1) is 18.5. The zero-order chi connectivity index (χ0) is 28.5. The predicted molar refractivity (Wildman–Crippen MR) is 152 cm³/mol. The molecule has 3 aliphatic heterocycles. The summed E-state index contributed by atoms with van der Waals surface area (Å²) in [4.78, 5) is 17.2. The molecule has 0 bridgehead atoms. The summed E-state index contributed by atoms with van der Waals surface area (Å²) in [5.74, 6) is -0.993. The highest BCUT2D eigenvalue weighted by atomic mass is 16.4. The third kappa shape index (κ3) is 10.6. The number of aliphatic imine (C=N–C) groups is 1. The van der Waals surface area contributed by atoms with Crippen LogP contribution < -0.4 is 26.6 Å². The Morgan fingerprint density at radius 2 is 2.08 bits per heavy atom. The number of hydrogen-bond acceptors (Lipinski definition) is 9. The van der Waals surface area contributed by atoms with Crippen molar-refractivity contribution >= 4 is 12.2 Å². The Morgan fingerprint density at radius 3 is 2.77 bits per heavy atom. The molecule has 0 aromatic rings. The topological polar surface area (TPSA) is 177 Å². The number of nitrogens with zero attached hydrogens (tertiary/aromatic N) is 1. The summed E-state index contributed by atoms with van der Waals surface area (Å²) < 4.78 is 0. The number of β-amino-alcohol motifs (C(OH)–C–C–N with tert-alkyl or cyclic N) is 1. The zero-order valence-electron chi connectivity index (χ0n) is 24.1. The van der Waals surface area contributed by atoms with Gasteiger partial charge >= 0.3 is 5.97 Å². The lowest BCUT2D eigenvalue weighted by molar-refractivity contribution is -0.914. The standard InChI is InChI=1S/C28H54N6O5/c1-20-24(36)15-23(34-14-13-30-19-34)22(33-20)9-8-21(35)7-5-3-4-6-10-28(39,17-26(37)38)18-32-27(2)11-12-31-25(29)16-27/h13,20-25,31-33,35-36,39H,3-12,14-19,29H2,1-2H3,(H,37,38)/p+1/t20-,21+,22+,23-,24+,25-,27+,28+/m0/s1. The van der Waals surface area contributed by atoms with Crippen molar-refractivity contribution < 1.29 is 30.1 Å². The maximum atomic E-state index is 11.4. The van der Waals surface area contributed by atoms with Crippen LogP contribution in [0.25, 0.3) is 0 Å². The lowest BCUT2D eigenvalue weighted by atomic mass is 9.86.